The summed E-state index contributed by atoms with van der Waals surface area (Å²) in [6.45, 7) is 2.29. The van der Waals surface area contributed by atoms with Crippen molar-refractivity contribution in [2.75, 3.05) is 0 Å². The van der Waals surface area contributed by atoms with E-state index in [0.29, 0.717) is 0 Å². The van der Waals surface area contributed by atoms with E-state index < -0.39 is 0 Å². The Morgan fingerprint density at radius 1 is 0.731 bits per heavy atom. The molecule has 0 saturated carbocycles. The van der Waals surface area contributed by atoms with Crippen LogP contribution in [0.15, 0.2) is 90.5 Å². The first-order valence-corrected chi connectivity index (χ1v) is 9.74. The van der Waals surface area contributed by atoms with Crippen molar-refractivity contribution in [3.63, 3.8) is 0 Å². The highest BCUT2D eigenvalue weighted by Crippen LogP contribution is 2.47. The SMILES string of the molecule is CCCCC(C1=Cc2ccccc2C1)(c1ccccc1)c1ccccc1. The Balaban J connectivity index is 1.92. The molecule has 26 heavy (non-hydrogen) atoms. The van der Waals surface area contributed by atoms with Crippen molar-refractivity contribution in [2.45, 2.75) is 38.0 Å². The van der Waals surface area contributed by atoms with Crippen molar-refractivity contribution in [2.24, 2.45) is 0 Å². The fourth-order valence-corrected chi connectivity index (χ4v) is 4.43. The molecule has 0 aliphatic heterocycles. The van der Waals surface area contributed by atoms with Crippen molar-refractivity contribution >= 4 is 6.08 Å². The first-order chi connectivity index (χ1) is 12.8. The van der Waals surface area contributed by atoms with Crippen molar-refractivity contribution in [3.05, 3.63) is 113 Å². The van der Waals surface area contributed by atoms with E-state index in [1.807, 2.05) is 0 Å². The van der Waals surface area contributed by atoms with Gasteiger partial charge in [0.25, 0.3) is 0 Å². The molecule has 3 aromatic carbocycles. The third-order valence-electron chi connectivity index (χ3n) is 5.75. The summed E-state index contributed by atoms with van der Waals surface area (Å²) in [4.78, 5) is 0. The quantitative estimate of drug-likeness (QED) is 0.463. The zero-order chi connectivity index (χ0) is 17.8. The Morgan fingerprint density at radius 2 is 1.31 bits per heavy atom. The minimum absolute atomic E-state index is 0.0441. The number of hydrogen-bond acceptors (Lipinski definition) is 0. The zero-order valence-corrected chi connectivity index (χ0v) is 15.5. The van der Waals surface area contributed by atoms with Crippen LogP contribution in [0, 0.1) is 0 Å². The average Bonchev–Trinajstić information content (AvgIpc) is 3.15. The van der Waals surface area contributed by atoms with Crippen LogP contribution in [0.1, 0.15) is 48.4 Å². The predicted octanol–water partition coefficient (Wildman–Crippen LogP) is 6.80. The third-order valence-corrected chi connectivity index (χ3v) is 5.75. The second kappa shape index (κ2) is 7.33. The summed E-state index contributed by atoms with van der Waals surface area (Å²) >= 11 is 0. The van der Waals surface area contributed by atoms with Gasteiger partial charge in [-0.05, 0) is 35.1 Å². The standard InChI is InChI=1S/C26H26/c1-2-3-18-26(23-14-6-4-7-15-23,24-16-8-5-9-17-24)25-19-21-12-10-11-13-22(21)20-25/h4-17,19H,2-3,18,20H2,1H3. The van der Waals surface area contributed by atoms with Gasteiger partial charge in [0.2, 0.25) is 0 Å². The van der Waals surface area contributed by atoms with Crippen molar-refractivity contribution < 1.29 is 0 Å². The summed E-state index contributed by atoms with van der Waals surface area (Å²) in [5.41, 5.74) is 7.16. The highest BCUT2D eigenvalue weighted by Gasteiger charge is 2.38. The van der Waals surface area contributed by atoms with Crippen LogP contribution in [-0.4, -0.2) is 0 Å². The lowest BCUT2D eigenvalue weighted by molar-refractivity contribution is 0.513. The Hall–Kier alpha value is -2.60. The molecule has 0 fully saturated rings. The predicted molar refractivity (Wildman–Crippen MR) is 111 cm³/mol. The average molecular weight is 338 g/mol. The molecule has 130 valence electrons. The molecule has 0 bridgehead atoms. The molecule has 0 heterocycles. The maximum Gasteiger partial charge on any atom is 0.0417 e. The molecule has 0 spiro atoms. The van der Waals surface area contributed by atoms with Gasteiger partial charge in [-0.15, -0.1) is 0 Å². The Morgan fingerprint density at radius 3 is 1.88 bits per heavy atom. The molecule has 1 aliphatic carbocycles. The van der Waals surface area contributed by atoms with Crippen LogP contribution in [0.2, 0.25) is 0 Å². The van der Waals surface area contributed by atoms with Gasteiger partial charge in [-0.3, -0.25) is 0 Å². The van der Waals surface area contributed by atoms with Gasteiger partial charge in [0.15, 0.2) is 0 Å². The molecule has 0 aromatic heterocycles. The number of fused-ring (bicyclic) bond motifs is 1. The lowest BCUT2D eigenvalue weighted by Gasteiger charge is -2.37. The van der Waals surface area contributed by atoms with E-state index in [2.05, 4.69) is 97.9 Å². The summed E-state index contributed by atoms with van der Waals surface area (Å²) in [7, 11) is 0. The molecular weight excluding hydrogens is 312 g/mol. The smallest absolute Gasteiger partial charge is 0.0417 e. The molecule has 4 rings (SSSR count). The van der Waals surface area contributed by atoms with E-state index in [9.17, 15) is 0 Å². The lowest BCUT2D eigenvalue weighted by Crippen LogP contribution is -2.30. The maximum atomic E-state index is 2.45. The number of unbranched alkanes of at least 4 members (excludes halogenated alkanes) is 1. The fourth-order valence-electron chi connectivity index (χ4n) is 4.43. The molecule has 0 amide bonds. The van der Waals surface area contributed by atoms with E-state index in [1.54, 1.807) is 0 Å². The molecule has 0 heteroatoms. The van der Waals surface area contributed by atoms with Crippen LogP contribution in [0.25, 0.3) is 6.08 Å². The molecule has 0 atom stereocenters. The minimum Gasteiger partial charge on any atom is -0.0654 e. The van der Waals surface area contributed by atoms with Gasteiger partial charge in [0.05, 0.1) is 0 Å². The molecule has 0 unspecified atom stereocenters. The van der Waals surface area contributed by atoms with Crippen molar-refractivity contribution in [3.8, 4) is 0 Å². The zero-order valence-electron chi connectivity index (χ0n) is 15.5. The molecule has 3 aromatic rings. The second-order valence-electron chi connectivity index (χ2n) is 7.29. The van der Waals surface area contributed by atoms with E-state index in [-0.39, 0.29) is 5.41 Å². The van der Waals surface area contributed by atoms with Gasteiger partial charge in [0, 0.05) is 5.41 Å². The lowest BCUT2D eigenvalue weighted by atomic mass is 9.65. The van der Waals surface area contributed by atoms with Crippen LogP contribution in [0.4, 0.5) is 0 Å². The van der Waals surface area contributed by atoms with Gasteiger partial charge in [-0.1, -0.05) is 116 Å². The van der Waals surface area contributed by atoms with Gasteiger partial charge in [-0.2, -0.15) is 0 Å². The van der Waals surface area contributed by atoms with Crippen LogP contribution < -0.4 is 0 Å². The van der Waals surface area contributed by atoms with Crippen molar-refractivity contribution in [1.29, 1.82) is 0 Å². The summed E-state index contributed by atoms with van der Waals surface area (Å²) in [5.74, 6) is 0. The van der Waals surface area contributed by atoms with Gasteiger partial charge >= 0.3 is 0 Å². The van der Waals surface area contributed by atoms with Gasteiger partial charge in [-0.25, -0.2) is 0 Å². The summed E-state index contributed by atoms with van der Waals surface area (Å²) in [6.07, 6.45) is 7.07. The van der Waals surface area contributed by atoms with Gasteiger partial charge in [0.1, 0.15) is 0 Å². The molecular formula is C26H26. The minimum atomic E-state index is -0.0441. The molecule has 1 aliphatic rings. The summed E-state index contributed by atoms with van der Waals surface area (Å²) in [5, 5.41) is 0. The van der Waals surface area contributed by atoms with Crippen LogP contribution in [0.5, 0.6) is 0 Å². The van der Waals surface area contributed by atoms with Crippen molar-refractivity contribution in [1.82, 2.24) is 0 Å². The monoisotopic (exact) mass is 338 g/mol. The summed E-state index contributed by atoms with van der Waals surface area (Å²) < 4.78 is 0. The maximum absolute atomic E-state index is 2.45. The molecule has 0 nitrogen and oxygen atoms in total. The Kier molecular flexibility index (Phi) is 4.75. The number of benzene rings is 3. The summed E-state index contributed by atoms with van der Waals surface area (Å²) in [6, 6.07) is 31.1. The van der Waals surface area contributed by atoms with E-state index in [1.165, 1.54) is 40.7 Å². The van der Waals surface area contributed by atoms with Crippen LogP contribution in [-0.2, 0) is 11.8 Å². The molecule has 0 saturated heterocycles. The van der Waals surface area contributed by atoms with E-state index >= 15 is 0 Å². The number of rotatable bonds is 6. The normalized spacial score (nSPS) is 13.3. The molecule has 0 radical (unpaired) electrons. The fraction of sp³-hybridized carbons (Fsp3) is 0.231. The van der Waals surface area contributed by atoms with Crippen LogP contribution >= 0.6 is 0 Å². The second-order valence-corrected chi connectivity index (χ2v) is 7.29. The third kappa shape index (κ3) is 2.90. The number of allylic oxidation sites excluding steroid dienone is 1. The Labute approximate surface area is 157 Å². The largest absolute Gasteiger partial charge is 0.0654 e. The Bertz CT molecular complexity index is 848. The van der Waals surface area contributed by atoms with Crippen LogP contribution in [0.3, 0.4) is 0 Å². The van der Waals surface area contributed by atoms with Gasteiger partial charge < -0.3 is 0 Å². The number of hydrogen-bond donors (Lipinski definition) is 0. The highest BCUT2D eigenvalue weighted by molar-refractivity contribution is 5.69. The highest BCUT2D eigenvalue weighted by atomic mass is 14.4. The first kappa shape index (κ1) is 16.8. The topological polar surface area (TPSA) is 0 Å². The molecule has 0 N–H and O–H groups in total. The van der Waals surface area contributed by atoms with E-state index in [0.717, 1.165) is 12.8 Å². The van der Waals surface area contributed by atoms with E-state index in [4.69, 9.17) is 0 Å². The first-order valence-electron chi connectivity index (χ1n) is 9.74.